The summed E-state index contributed by atoms with van der Waals surface area (Å²) in [7, 11) is 2.16. The van der Waals surface area contributed by atoms with Crippen LogP contribution < -0.4 is 5.32 Å². The van der Waals surface area contributed by atoms with E-state index in [-0.39, 0.29) is 12.1 Å². The zero-order valence-electron chi connectivity index (χ0n) is 9.70. The van der Waals surface area contributed by atoms with Gasteiger partial charge in [-0.05, 0) is 32.9 Å². The van der Waals surface area contributed by atoms with Crippen molar-refractivity contribution in [3.05, 3.63) is 0 Å². The van der Waals surface area contributed by atoms with Gasteiger partial charge in [-0.2, -0.15) is 0 Å². The van der Waals surface area contributed by atoms with Gasteiger partial charge in [-0.3, -0.25) is 10.1 Å². The maximum atomic E-state index is 11.7. The number of hydrogen-bond donors (Lipinski definition) is 1. The van der Waals surface area contributed by atoms with Crippen molar-refractivity contribution in [2.75, 3.05) is 26.7 Å². The Labute approximate surface area is 91.6 Å². The monoisotopic (exact) mass is 211 g/mol. The minimum atomic E-state index is 0.266. The van der Waals surface area contributed by atoms with Crippen LogP contribution in [0.1, 0.15) is 26.2 Å². The summed E-state index contributed by atoms with van der Waals surface area (Å²) >= 11 is 0. The maximum Gasteiger partial charge on any atom is 0.237 e. The molecule has 2 heterocycles. The highest BCUT2D eigenvalue weighted by molar-refractivity contribution is 5.80. The number of rotatable bonds is 3. The molecule has 15 heavy (non-hydrogen) atoms. The molecule has 2 aliphatic rings. The Kier molecular flexibility index (Phi) is 3.26. The van der Waals surface area contributed by atoms with Gasteiger partial charge < -0.3 is 9.80 Å². The van der Waals surface area contributed by atoms with Crippen molar-refractivity contribution in [1.82, 2.24) is 15.1 Å². The number of carbonyl (C=O) groups is 1. The van der Waals surface area contributed by atoms with E-state index in [1.165, 1.54) is 19.4 Å². The lowest BCUT2D eigenvalue weighted by Gasteiger charge is -2.29. The quantitative estimate of drug-likeness (QED) is 0.727. The second-order valence-corrected chi connectivity index (χ2v) is 4.63. The largest absolute Gasteiger partial charge is 0.324 e. The van der Waals surface area contributed by atoms with Crippen LogP contribution >= 0.6 is 0 Å². The molecule has 0 saturated carbocycles. The highest BCUT2D eigenvalue weighted by atomic mass is 16.2. The Morgan fingerprint density at radius 1 is 1.53 bits per heavy atom. The molecule has 0 aliphatic carbocycles. The summed E-state index contributed by atoms with van der Waals surface area (Å²) in [5, 5.41) is 3.25. The fourth-order valence-corrected chi connectivity index (χ4v) is 2.62. The molecule has 2 fully saturated rings. The summed E-state index contributed by atoms with van der Waals surface area (Å²) in [5.41, 5.74) is 0. The normalized spacial score (nSPS) is 32.9. The molecule has 0 spiro atoms. The Balaban J connectivity index is 1.94. The molecular weight excluding hydrogens is 190 g/mol. The molecule has 0 bridgehead atoms. The number of likely N-dealkylation sites (tertiary alicyclic amines) is 1. The fraction of sp³-hybridized carbons (Fsp3) is 0.909. The van der Waals surface area contributed by atoms with Crippen molar-refractivity contribution >= 4 is 5.91 Å². The molecule has 2 unspecified atom stereocenters. The van der Waals surface area contributed by atoms with Crippen LogP contribution in [0.15, 0.2) is 0 Å². The van der Waals surface area contributed by atoms with E-state index in [2.05, 4.69) is 24.2 Å². The van der Waals surface area contributed by atoms with Crippen molar-refractivity contribution in [1.29, 1.82) is 0 Å². The average Bonchev–Trinajstić information content (AvgIpc) is 2.77. The van der Waals surface area contributed by atoms with E-state index in [0.29, 0.717) is 12.6 Å². The predicted molar refractivity (Wildman–Crippen MR) is 59.4 cm³/mol. The van der Waals surface area contributed by atoms with Crippen molar-refractivity contribution in [3.8, 4) is 0 Å². The zero-order chi connectivity index (χ0) is 10.8. The predicted octanol–water partition coefficient (Wildman–Crippen LogP) is 0.249. The SMILES string of the molecule is CCC1NCC(=O)N1CC1CCCN1C. The summed E-state index contributed by atoms with van der Waals surface area (Å²) in [4.78, 5) is 16.1. The highest BCUT2D eigenvalue weighted by Crippen LogP contribution is 2.18. The molecule has 0 aromatic heterocycles. The van der Waals surface area contributed by atoms with E-state index in [0.717, 1.165) is 13.0 Å². The summed E-state index contributed by atoms with van der Waals surface area (Å²) in [5.74, 6) is 0.266. The van der Waals surface area contributed by atoms with E-state index in [1.54, 1.807) is 0 Å². The lowest BCUT2D eigenvalue weighted by molar-refractivity contribution is -0.128. The summed E-state index contributed by atoms with van der Waals surface area (Å²) in [6.45, 7) is 4.73. The lowest BCUT2D eigenvalue weighted by Crippen LogP contribution is -2.44. The molecule has 0 aromatic carbocycles. The van der Waals surface area contributed by atoms with Gasteiger partial charge >= 0.3 is 0 Å². The van der Waals surface area contributed by atoms with E-state index in [1.807, 2.05) is 4.90 Å². The van der Waals surface area contributed by atoms with E-state index >= 15 is 0 Å². The highest BCUT2D eigenvalue weighted by Gasteiger charge is 2.32. The average molecular weight is 211 g/mol. The van der Waals surface area contributed by atoms with Gasteiger partial charge in [-0.1, -0.05) is 6.92 Å². The van der Waals surface area contributed by atoms with Crippen molar-refractivity contribution < 1.29 is 4.79 Å². The molecule has 2 saturated heterocycles. The molecule has 0 radical (unpaired) electrons. The summed E-state index contributed by atoms with van der Waals surface area (Å²) < 4.78 is 0. The first-order valence-electron chi connectivity index (χ1n) is 5.95. The van der Waals surface area contributed by atoms with Crippen LogP contribution in [0.25, 0.3) is 0 Å². The van der Waals surface area contributed by atoms with Crippen LogP contribution in [0.5, 0.6) is 0 Å². The standard InChI is InChI=1S/C11H21N3O/c1-3-10-12-7-11(15)14(10)8-9-5-4-6-13(9)2/h9-10,12H,3-8H2,1-2H3. The van der Waals surface area contributed by atoms with Gasteiger partial charge in [0.1, 0.15) is 0 Å². The Morgan fingerprint density at radius 2 is 2.33 bits per heavy atom. The zero-order valence-corrected chi connectivity index (χ0v) is 9.70. The molecular formula is C11H21N3O. The van der Waals surface area contributed by atoms with Gasteiger partial charge in [0.2, 0.25) is 5.91 Å². The molecule has 4 heteroatoms. The first-order chi connectivity index (χ1) is 7.22. The second-order valence-electron chi connectivity index (χ2n) is 4.63. The van der Waals surface area contributed by atoms with Crippen LogP contribution in [-0.2, 0) is 4.79 Å². The Morgan fingerprint density at radius 3 is 2.93 bits per heavy atom. The third-order valence-electron chi connectivity index (χ3n) is 3.65. The Hall–Kier alpha value is -0.610. The van der Waals surface area contributed by atoms with Crippen molar-refractivity contribution in [3.63, 3.8) is 0 Å². The molecule has 1 amide bonds. The molecule has 86 valence electrons. The van der Waals surface area contributed by atoms with Crippen molar-refractivity contribution in [2.24, 2.45) is 0 Å². The second kappa shape index (κ2) is 4.49. The van der Waals surface area contributed by atoms with Gasteiger partial charge in [0.15, 0.2) is 0 Å². The summed E-state index contributed by atoms with van der Waals surface area (Å²) in [6.07, 6.45) is 3.78. The lowest BCUT2D eigenvalue weighted by atomic mass is 10.2. The van der Waals surface area contributed by atoms with E-state index < -0.39 is 0 Å². The first-order valence-corrected chi connectivity index (χ1v) is 5.95. The molecule has 2 atom stereocenters. The van der Waals surface area contributed by atoms with Crippen LogP contribution in [0.3, 0.4) is 0 Å². The molecule has 0 aromatic rings. The fourth-order valence-electron chi connectivity index (χ4n) is 2.62. The molecule has 4 nitrogen and oxygen atoms in total. The van der Waals surface area contributed by atoms with Crippen LogP contribution in [0.4, 0.5) is 0 Å². The van der Waals surface area contributed by atoms with Gasteiger partial charge in [0.05, 0.1) is 12.7 Å². The van der Waals surface area contributed by atoms with Gasteiger partial charge in [0, 0.05) is 12.6 Å². The van der Waals surface area contributed by atoms with Crippen LogP contribution in [-0.4, -0.2) is 54.6 Å². The van der Waals surface area contributed by atoms with Crippen LogP contribution in [0.2, 0.25) is 0 Å². The van der Waals surface area contributed by atoms with Gasteiger partial charge in [-0.25, -0.2) is 0 Å². The smallest absolute Gasteiger partial charge is 0.237 e. The van der Waals surface area contributed by atoms with Gasteiger partial charge in [-0.15, -0.1) is 0 Å². The van der Waals surface area contributed by atoms with Gasteiger partial charge in [0.25, 0.3) is 0 Å². The Bertz CT molecular complexity index is 244. The number of likely N-dealkylation sites (N-methyl/N-ethyl adjacent to an activating group) is 1. The number of nitrogens with zero attached hydrogens (tertiary/aromatic N) is 2. The molecule has 1 N–H and O–H groups in total. The number of hydrogen-bond acceptors (Lipinski definition) is 3. The third-order valence-corrected chi connectivity index (χ3v) is 3.65. The van der Waals surface area contributed by atoms with Crippen molar-refractivity contribution in [2.45, 2.75) is 38.4 Å². The first kappa shape index (κ1) is 10.9. The number of carbonyl (C=O) groups excluding carboxylic acids is 1. The molecule has 2 rings (SSSR count). The summed E-state index contributed by atoms with van der Waals surface area (Å²) in [6, 6.07) is 0.572. The number of nitrogens with one attached hydrogen (secondary N) is 1. The van der Waals surface area contributed by atoms with E-state index in [4.69, 9.17) is 0 Å². The molecule has 2 aliphatic heterocycles. The minimum Gasteiger partial charge on any atom is -0.324 e. The maximum absolute atomic E-state index is 11.7. The van der Waals surface area contributed by atoms with Crippen LogP contribution in [0, 0.1) is 0 Å². The third kappa shape index (κ3) is 2.16. The van der Waals surface area contributed by atoms with E-state index in [9.17, 15) is 4.79 Å². The number of amides is 1. The topological polar surface area (TPSA) is 35.6 Å². The minimum absolute atomic E-state index is 0.266.